The van der Waals surface area contributed by atoms with Crippen molar-refractivity contribution in [1.29, 1.82) is 0 Å². The summed E-state index contributed by atoms with van der Waals surface area (Å²) in [7, 11) is 0. The van der Waals surface area contributed by atoms with E-state index in [-0.39, 0.29) is 28.8 Å². The van der Waals surface area contributed by atoms with Crippen molar-refractivity contribution in [2.45, 2.75) is 13.8 Å². The Balaban J connectivity index is 2.53. The van der Waals surface area contributed by atoms with Gasteiger partial charge in [-0.3, -0.25) is 4.79 Å². The fourth-order valence-electron chi connectivity index (χ4n) is 1.70. The lowest BCUT2D eigenvalue weighted by Crippen LogP contribution is -2.11. The molecular formula is C13H13ClFN3O. The number of hydrogen-bond acceptors (Lipinski definition) is 3. The van der Waals surface area contributed by atoms with E-state index < -0.39 is 5.82 Å². The largest absolute Gasteiger partial charge is 0.383 e. The maximum Gasteiger partial charge on any atom is 0.170 e. The van der Waals surface area contributed by atoms with Gasteiger partial charge in [0.15, 0.2) is 5.78 Å². The van der Waals surface area contributed by atoms with E-state index >= 15 is 0 Å². The fourth-order valence-corrected chi connectivity index (χ4v) is 1.87. The van der Waals surface area contributed by atoms with Gasteiger partial charge >= 0.3 is 0 Å². The fraction of sp³-hybridized carbons (Fsp3) is 0.231. The lowest BCUT2D eigenvalue weighted by Gasteiger charge is -2.07. The number of nitrogen functional groups attached to an aromatic ring is 1. The zero-order valence-corrected chi connectivity index (χ0v) is 11.3. The molecule has 0 radical (unpaired) electrons. The molecule has 0 aliphatic carbocycles. The maximum atomic E-state index is 13.7. The van der Waals surface area contributed by atoms with Crippen molar-refractivity contribution in [2.24, 2.45) is 5.92 Å². The predicted molar refractivity (Wildman–Crippen MR) is 72.1 cm³/mol. The number of carbonyl (C=O) groups is 1. The highest BCUT2D eigenvalue weighted by atomic mass is 35.5. The standard InChI is InChI=1S/C13H13ClFN3O/c1-7(2)12(19)9-6-17-18(13(9)16)11-5-8(14)3-4-10(11)15/h3-7H,16H2,1-2H3. The lowest BCUT2D eigenvalue weighted by atomic mass is 10.0. The molecule has 0 aliphatic rings. The van der Waals surface area contributed by atoms with Crippen LogP contribution in [0.15, 0.2) is 24.4 Å². The number of anilines is 1. The molecule has 2 aromatic rings. The molecule has 0 amide bonds. The molecule has 19 heavy (non-hydrogen) atoms. The number of nitrogens with zero attached hydrogens (tertiary/aromatic N) is 2. The van der Waals surface area contributed by atoms with E-state index in [1.54, 1.807) is 13.8 Å². The quantitative estimate of drug-likeness (QED) is 0.880. The number of Topliss-reactive ketones (excluding diaryl/α,β-unsaturated/α-hetero) is 1. The molecule has 1 heterocycles. The Kier molecular flexibility index (Phi) is 3.57. The number of aromatic nitrogens is 2. The van der Waals surface area contributed by atoms with Crippen molar-refractivity contribution in [3.63, 3.8) is 0 Å². The zero-order valence-electron chi connectivity index (χ0n) is 10.5. The number of nitrogens with two attached hydrogens (primary N) is 1. The average Bonchev–Trinajstić information content (AvgIpc) is 2.73. The molecule has 1 aromatic carbocycles. The van der Waals surface area contributed by atoms with Gasteiger partial charge in [0.1, 0.15) is 17.3 Å². The summed E-state index contributed by atoms with van der Waals surface area (Å²) in [6, 6.07) is 4.06. The highest BCUT2D eigenvalue weighted by molar-refractivity contribution is 6.30. The van der Waals surface area contributed by atoms with Crippen LogP contribution in [0.25, 0.3) is 5.69 Å². The molecule has 4 nitrogen and oxygen atoms in total. The van der Waals surface area contributed by atoms with Crippen LogP contribution in [0.4, 0.5) is 10.2 Å². The zero-order chi connectivity index (χ0) is 14.2. The number of ketones is 1. The SMILES string of the molecule is CC(C)C(=O)c1cnn(-c2cc(Cl)ccc2F)c1N. The Morgan fingerprint density at radius 3 is 2.79 bits per heavy atom. The number of carbonyl (C=O) groups excluding carboxylic acids is 1. The van der Waals surface area contributed by atoms with Gasteiger partial charge in [-0.15, -0.1) is 0 Å². The summed E-state index contributed by atoms with van der Waals surface area (Å²) in [5, 5.41) is 4.33. The Bertz CT molecular complexity index is 637. The van der Waals surface area contributed by atoms with Gasteiger partial charge in [0, 0.05) is 10.9 Å². The minimum atomic E-state index is -0.511. The van der Waals surface area contributed by atoms with Gasteiger partial charge in [0.25, 0.3) is 0 Å². The highest BCUT2D eigenvalue weighted by Crippen LogP contribution is 2.24. The van der Waals surface area contributed by atoms with Crippen LogP contribution >= 0.6 is 11.6 Å². The molecule has 0 saturated carbocycles. The summed E-state index contributed by atoms with van der Waals surface area (Å²) in [5.74, 6) is -0.738. The summed E-state index contributed by atoms with van der Waals surface area (Å²) in [4.78, 5) is 11.9. The van der Waals surface area contributed by atoms with Crippen LogP contribution < -0.4 is 5.73 Å². The van der Waals surface area contributed by atoms with Crippen LogP contribution in [0.5, 0.6) is 0 Å². The normalized spacial score (nSPS) is 11.0. The van der Waals surface area contributed by atoms with E-state index in [1.807, 2.05) is 0 Å². The minimum Gasteiger partial charge on any atom is -0.383 e. The molecule has 2 rings (SSSR count). The van der Waals surface area contributed by atoms with E-state index in [1.165, 1.54) is 29.1 Å². The molecule has 2 N–H and O–H groups in total. The van der Waals surface area contributed by atoms with Gasteiger partial charge in [-0.2, -0.15) is 5.10 Å². The van der Waals surface area contributed by atoms with E-state index in [2.05, 4.69) is 5.10 Å². The first-order chi connectivity index (χ1) is 8.91. The molecule has 0 unspecified atom stereocenters. The molecule has 0 spiro atoms. The van der Waals surface area contributed by atoms with Crippen LogP contribution in [0, 0.1) is 11.7 Å². The van der Waals surface area contributed by atoms with Crippen LogP contribution in [-0.2, 0) is 0 Å². The third-order valence-electron chi connectivity index (χ3n) is 2.73. The molecular weight excluding hydrogens is 269 g/mol. The molecule has 6 heteroatoms. The first-order valence-electron chi connectivity index (χ1n) is 5.75. The Morgan fingerprint density at radius 2 is 2.16 bits per heavy atom. The monoisotopic (exact) mass is 281 g/mol. The van der Waals surface area contributed by atoms with Crippen LogP contribution in [0.2, 0.25) is 5.02 Å². The first kappa shape index (κ1) is 13.5. The second kappa shape index (κ2) is 5.01. The van der Waals surface area contributed by atoms with Crippen molar-refractivity contribution in [3.8, 4) is 5.69 Å². The summed E-state index contributed by atoms with van der Waals surface area (Å²) in [6.07, 6.45) is 1.35. The lowest BCUT2D eigenvalue weighted by molar-refractivity contribution is 0.0940. The van der Waals surface area contributed by atoms with Crippen LogP contribution in [-0.4, -0.2) is 15.6 Å². The Hall–Kier alpha value is -1.88. The molecule has 0 bridgehead atoms. The van der Waals surface area contributed by atoms with Crippen molar-refractivity contribution >= 4 is 23.2 Å². The van der Waals surface area contributed by atoms with Crippen molar-refractivity contribution in [1.82, 2.24) is 9.78 Å². The van der Waals surface area contributed by atoms with Gasteiger partial charge in [-0.25, -0.2) is 9.07 Å². The van der Waals surface area contributed by atoms with Gasteiger partial charge in [-0.05, 0) is 18.2 Å². The topological polar surface area (TPSA) is 60.9 Å². The molecule has 0 aliphatic heterocycles. The van der Waals surface area contributed by atoms with E-state index in [9.17, 15) is 9.18 Å². The Labute approximate surface area is 115 Å². The van der Waals surface area contributed by atoms with Crippen molar-refractivity contribution in [2.75, 3.05) is 5.73 Å². The van der Waals surface area contributed by atoms with E-state index in [4.69, 9.17) is 17.3 Å². The van der Waals surface area contributed by atoms with Crippen LogP contribution in [0.3, 0.4) is 0 Å². The summed E-state index contributed by atoms with van der Waals surface area (Å²) < 4.78 is 14.9. The second-order valence-electron chi connectivity index (χ2n) is 4.47. The van der Waals surface area contributed by atoms with Crippen LogP contribution in [0.1, 0.15) is 24.2 Å². The van der Waals surface area contributed by atoms with Crippen molar-refractivity contribution < 1.29 is 9.18 Å². The summed E-state index contributed by atoms with van der Waals surface area (Å²) >= 11 is 5.82. The smallest absolute Gasteiger partial charge is 0.170 e. The third kappa shape index (κ3) is 2.46. The maximum absolute atomic E-state index is 13.7. The first-order valence-corrected chi connectivity index (χ1v) is 6.12. The predicted octanol–water partition coefficient (Wildman–Crippen LogP) is 3.09. The third-order valence-corrected chi connectivity index (χ3v) is 2.97. The molecule has 0 atom stereocenters. The molecule has 0 saturated heterocycles. The number of hydrogen-bond donors (Lipinski definition) is 1. The average molecular weight is 282 g/mol. The van der Waals surface area contributed by atoms with Gasteiger partial charge in [0.2, 0.25) is 0 Å². The van der Waals surface area contributed by atoms with E-state index in [0.29, 0.717) is 5.02 Å². The van der Waals surface area contributed by atoms with Crippen molar-refractivity contribution in [3.05, 3.63) is 40.8 Å². The minimum absolute atomic E-state index is 0.111. The molecule has 1 aromatic heterocycles. The van der Waals surface area contributed by atoms with E-state index in [0.717, 1.165) is 0 Å². The second-order valence-corrected chi connectivity index (χ2v) is 4.91. The van der Waals surface area contributed by atoms with Gasteiger partial charge in [-0.1, -0.05) is 25.4 Å². The number of benzene rings is 1. The molecule has 100 valence electrons. The number of rotatable bonds is 3. The number of halogens is 2. The summed E-state index contributed by atoms with van der Waals surface area (Å²) in [5.41, 5.74) is 6.27. The summed E-state index contributed by atoms with van der Waals surface area (Å²) in [6.45, 7) is 3.53. The highest BCUT2D eigenvalue weighted by Gasteiger charge is 2.19. The molecule has 0 fully saturated rings. The van der Waals surface area contributed by atoms with Gasteiger partial charge < -0.3 is 5.73 Å². The Morgan fingerprint density at radius 1 is 1.47 bits per heavy atom. The van der Waals surface area contributed by atoms with Gasteiger partial charge in [0.05, 0.1) is 11.8 Å².